The van der Waals surface area contributed by atoms with E-state index in [9.17, 15) is 14.9 Å². The average molecular weight is 266 g/mol. The van der Waals surface area contributed by atoms with Gasteiger partial charge in [0.25, 0.3) is 5.91 Å². The Bertz CT molecular complexity index is 521. The van der Waals surface area contributed by atoms with Crippen molar-refractivity contribution in [3.8, 4) is 6.07 Å². The lowest BCUT2D eigenvalue weighted by molar-refractivity contribution is -0.380. The van der Waals surface area contributed by atoms with Crippen molar-refractivity contribution in [2.24, 2.45) is 0 Å². The second kappa shape index (κ2) is 5.12. The molecule has 1 aromatic rings. The van der Waals surface area contributed by atoms with Crippen LogP contribution in [0.25, 0.3) is 0 Å². The number of nitrogens with one attached hydrogen (secondary N) is 1. The maximum atomic E-state index is 12.1. The zero-order valence-corrected chi connectivity index (χ0v) is 10.1. The molecule has 0 radical (unpaired) electrons. The highest BCUT2D eigenvalue weighted by molar-refractivity contribution is 7.13. The van der Waals surface area contributed by atoms with Crippen molar-refractivity contribution in [2.75, 3.05) is 19.6 Å². The number of carbonyl (C=O) groups excluding carboxylic acids is 1. The van der Waals surface area contributed by atoms with Gasteiger partial charge in [-0.3, -0.25) is 14.9 Å². The molecule has 7 nitrogen and oxygen atoms in total. The van der Waals surface area contributed by atoms with Gasteiger partial charge in [0.05, 0.1) is 16.6 Å². The second-order valence-electron chi connectivity index (χ2n) is 3.78. The van der Waals surface area contributed by atoms with E-state index in [1.807, 2.05) is 6.07 Å². The van der Waals surface area contributed by atoms with E-state index in [1.54, 1.807) is 0 Å². The van der Waals surface area contributed by atoms with Crippen LogP contribution in [-0.4, -0.2) is 41.4 Å². The minimum Gasteiger partial charge on any atom is -0.320 e. The van der Waals surface area contributed by atoms with Gasteiger partial charge in [0, 0.05) is 31.1 Å². The summed E-state index contributed by atoms with van der Waals surface area (Å²) in [5.74, 6) is -0.326. The molecule has 0 aliphatic carbocycles. The Morgan fingerprint density at radius 1 is 1.72 bits per heavy atom. The molecule has 0 aromatic carbocycles. The Morgan fingerprint density at radius 2 is 2.50 bits per heavy atom. The fourth-order valence-electron chi connectivity index (χ4n) is 1.76. The molecule has 0 saturated carbocycles. The van der Waals surface area contributed by atoms with Crippen LogP contribution in [0.2, 0.25) is 0 Å². The summed E-state index contributed by atoms with van der Waals surface area (Å²) in [5.41, 5.74) is 0.272. The Morgan fingerprint density at radius 3 is 3.11 bits per heavy atom. The van der Waals surface area contributed by atoms with Crippen LogP contribution >= 0.6 is 11.3 Å². The summed E-state index contributed by atoms with van der Waals surface area (Å²) < 4.78 is 0. The molecule has 1 aromatic heterocycles. The Kier molecular flexibility index (Phi) is 3.55. The first-order valence-corrected chi connectivity index (χ1v) is 6.15. The van der Waals surface area contributed by atoms with Crippen LogP contribution in [0.5, 0.6) is 0 Å². The van der Waals surface area contributed by atoms with Gasteiger partial charge in [0.2, 0.25) is 0 Å². The molecule has 1 N–H and O–H groups in total. The maximum Gasteiger partial charge on any atom is 0.324 e. The van der Waals surface area contributed by atoms with Crippen molar-refractivity contribution in [3.05, 3.63) is 27.1 Å². The van der Waals surface area contributed by atoms with Gasteiger partial charge in [-0.2, -0.15) is 5.26 Å². The van der Waals surface area contributed by atoms with Gasteiger partial charge in [0.1, 0.15) is 6.04 Å². The molecule has 18 heavy (non-hydrogen) atoms. The van der Waals surface area contributed by atoms with Gasteiger partial charge in [-0.05, 0) is 0 Å². The molecule has 1 fully saturated rings. The van der Waals surface area contributed by atoms with Crippen molar-refractivity contribution in [1.29, 1.82) is 5.26 Å². The predicted molar refractivity (Wildman–Crippen MR) is 64.3 cm³/mol. The molecule has 0 spiro atoms. The maximum absolute atomic E-state index is 12.1. The highest BCUT2D eigenvalue weighted by Gasteiger charge is 2.28. The van der Waals surface area contributed by atoms with E-state index in [1.165, 1.54) is 16.3 Å². The van der Waals surface area contributed by atoms with E-state index in [0.29, 0.717) is 19.6 Å². The minimum atomic E-state index is -0.527. The highest BCUT2D eigenvalue weighted by atomic mass is 32.1. The summed E-state index contributed by atoms with van der Waals surface area (Å²) in [6.45, 7) is 1.48. The number of thiophene rings is 1. The number of rotatable bonds is 2. The largest absolute Gasteiger partial charge is 0.324 e. The third kappa shape index (κ3) is 2.32. The van der Waals surface area contributed by atoms with Crippen molar-refractivity contribution >= 4 is 22.2 Å². The first kappa shape index (κ1) is 12.5. The topological polar surface area (TPSA) is 99.3 Å². The smallest absolute Gasteiger partial charge is 0.320 e. The summed E-state index contributed by atoms with van der Waals surface area (Å²) in [5, 5.41) is 23.9. The number of piperazine rings is 1. The van der Waals surface area contributed by atoms with E-state index < -0.39 is 11.0 Å². The molecular formula is C10H10N4O3S. The van der Waals surface area contributed by atoms with Gasteiger partial charge in [-0.15, -0.1) is 0 Å². The zero-order valence-electron chi connectivity index (χ0n) is 9.33. The molecule has 2 heterocycles. The lowest BCUT2D eigenvalue weighted by atomic mass is 10.2. The van der Waals surface area contributed by atoms with Gasteiger partial charge in [-0.1, -0.05) is 11.3 Å². The Hall–Kier alpha value is -1.98. The monoisotopic (exact) mass is 266 g/mol. The van der Waals surface area contributed by atoms with E-state index in [4.69, 9.17) is 5.26 Å². The fraction of sp³-hybridized carbons (Fsp3) is 0.400. The van der Waals surface area contributed by atoms with Crippen LogP contribution < -0.4 is 5.32 Å². The van der Waals surface area contributed by atoms with Crippen LogP contribution in [0.4, 0.5) is 5.00 Å². The highest BCUT2D eigenvalue weighted by Crippen LogP contribution is 2.24. The number of nitrogens with zero attached hydrogens (tertiary/aromatic N) is 3. The Labute approximate surface area is 107 Å². The second-order valence-corrected chi connectivity index (χ2v) is 4.67. The summed E-state index contributed by atoms with van der Waals surface area (Å²) in [6, 6.07) is 2.78. The molecule has 1 aliphatic rings. The number of amides is 1. The predicted octanol–water partition coefficient (Wildman–Crippen LogP) is 0.594. The summed E-state index contributed by atoms with van der Waals surface area (Å²) in [6.07, 6.45) is 0. The van der Waals surface area contributed by atoms with Crippen LogP contribution in [0.1, 0.15) is 10.4 Å². The number of hydrogen-bond acceptors (Lipinski definition) is 6. The molecule has 8 heteroatoms. The summed E-state index contributed by atoms with van der Waals surface area (Å²) in [4.78, 5) is 23.6. The van der Waals surface area contributed by atoms with Crippen molar-refractivity contribution in [2.45, 2.75) is 6.04 Å². The van der Waals surface area contributed by atoms with E-state index in [0.717, 1.165) is 11.3 Å². The quantitative estimate of drug-likeness (QED) is 0.624. The third-order valence-electron chi connectivity index (χ3n) is 2.67. The van der Waals surface area contributed by atoms with E-state index >= 15 is 0 Å². The first-order valence-electron chi connectivity index (χ1n) is 5.27. The summed E-state index contributed by atoms with van der Waals surface area (Å²) in [7, 11) is 0. The van der Waals surface area contributed by atoms with Crippen LogP contribution in [0.15, 0.2) is 11.4 Å². The molecule has 0 bridgehead atoms. The van der Waals surface area contributed by atoms with Crippen molar-refractivity contribution in [3.63, 3.8) is 0 Å². The molecular weight excluding hydrogens is 256 g/mol. The van der Waals surface area contributed by atoms with Gasteiger partial charge < -0.3 is 10.2 Å². The number of hydrogen-bond donors (Lipinski definition) is 1. The molecule has 2 rings (SSSR count). The summed E-state index contributed by atoms with van der Waals surface area (Å²) >= 11 is 0.914. The van der Waals surface area contributed by atoms with E-state index in [2.05, 4.69) is 5.32 Å². The standard InChI is InChI=1S/C10H10N4O3S/c11-4-8-5-12-1-2-13(8)10(15)7-3-9(14(16)17)18-6-7/h3,6,8,12H,1-2,5H2. The molecule has 1 saturated heterocycles. The van der Waals surface area contributed by atoms with Crippen molar-refractivity contribution in [1.82, 2.24) is 10.2 Å². The zero-order chi connectivity index (χ0) is 13.1. The van der Waals surface area contributed by atoms with Crippen molar-refractivity contribution < 1.29 is 9.72 Å². The van der Waals surface area contributed by atoms with Crippen LogP contribution in [0.3, 0.4) is 0 Å². The fourth-order valence-corrected chi connectivity index (χ4v) is 2.46. The van der Waals surface area contributed by atoms with Gasteiger partial charge >= 0.3 is 5.00 Å². The molecule has 1 aliphatic heterocycles. The number of nitro groups is 1. The molecule has 1 atom stereocenters. The SMILES string of the molecule is N#CC1CNCCN1C(=O)c1csc([N+](=O)[O-])c1. The van der Waals surface area contributed by atoms with Crippen LogP contribution in [-0.2, 0) is 0 Å². The van der Waals surface area contributed by atoms with Gasteiger partial charge in [-0.25, -0.2) is 0 Å². The minimum absolute atomic E-state index is 0.0676. The average Bonchev–Trinajstić information content (AvgIpc) is 2.87. The Balaban J connectivity index is 2.19. The number of carbonyl (C=O) groups is 1. The first-order chi connectivity index (χ1) is 8.63. The van der Waals surface area contributed by atoms with Gasteiger partial charge in [0.15, 0.2) is 0 Å². The van der Waals surface area contributed by atoms with E-state index in [-0.39, 0.29) is 16.5 Å². The van der Waals surface area contributed by atoms with Crippen LogP contribution in [0, 0.1) is 21.4 Å². The molecule has 1 amide bonds. The molecule has 1 unspecified atom stereocenters. The normalized spacial score (nSPS) is 19.3. The lowest BCUT2D eigenvalue weighted by Crippen LogP contribution is -2.52. The molecule has 94 valence electrons. The third-order valence-corrected chi connectivity index (χ3v) is 3.55. The number of nitriles is 1. The lowest BCUT2D eigenvalue weighted by Gasteiger charge is -2.31.